The summed E-state index contributed by atoms with van der Waals surface area (Å²) in [6.45, 7) is 0.392. The van der Waals surface area contributed by atoms with Crippen molar-refractivity contribution in [3.8, 4) is 17.0 Å². The van der Waals surface area contributed by atoms with Crippen molar-refractivity contribution in [2.75, 3.05) is 7.11 Å². The van der Waals surface area contributed by atoms with Gasteiger partial charge in [-0.15, -0.1) is 0 Å². The van der Waals surface area contributed by atoms with Gasteiger partial charge in [0.15, 0.2) is 0 Å². The molecule has 0 atom stereocenters. The minimum Gasteiger partial charge on any atom is -0.497 e. The van der Waals surface area contributed by atoms with Crippen molar-refractivity contribution in [1.29, 1.82) is 0 Å². The Bertz CT molecular complexity index is 818. The molecule has 1 N–H and O–H groups in total. The van der Waals surface area contributed by atoms with Crippen LogP contribution in [0.5, 0.6) is 5.75 Å². The van der Waals surface area contributed by atoms with Gasteiger partial charge in [-0.25, -0.2) is 0 Å². The Morgan fingerprint density at radius 3 is 2.58 bits per heavy atom. The van der Waals surface area contributed by atoms with E-state index in [0.717, 1.165) is 22.6 Å². The predicted molar refractivity (Wildman–Crippen MR) is 91.6 cm³/mol. The number of rotatable bonds is 5. The second-order valence-electron chi connectivity index (χ2n) is 5.16. The Kier molecular flexibility index (Phi) is 4.81. The molecule has 0 saturated carbocycles. The average molecular weight is 319 g/mol. The van der Waals surface area contributed by atoms with E-state index in [2.05, 4.69) is 15.3 Å². The van der Waals surface area contributed by atoms with E-state index in [0.29, 0.717) is 12.1 Å². The zero-order chi connectivity index (χ0) is 16.8. The lowest BCUT2D eigenvalue weighted by atomic mass is 10.1. The standard InChI is InChI=1S/C19H17N3O2/c1-24-17-8-6-14(7-9-17)19(23)22-13-16-5-3-11-21-18(16)15-4-2-10-20-12-15/h2-12H,13H2,1H3,(H,22,23). The first-order chi connectivity index (χ1) is 11.8. The Hall–Kier alpha value is -3.21. The molecule has 0 bridgehead atoms. The molecule has 0 aliphatic carbocycles. The smallest absolute Gasteiger partial charge is 0.251 e. The maximum atomic E-state index is 12.3. The van der Waals surface area contributed by atoms with Crippen LogP contribution in [-0.2, 0) is 6.54 Å². The van der Waals surface area contributed by atoms with Crippen molar-refractivity contribution in [2.45, 2.75) is 6.54 Å². The van der Waals surface area contributed by atoms with Gasteiger partial charge in [-0.2, -0.15) is 0 Å². The largest absolute Gasteiger partial charge is 0.497 e. The van der Waals surface area contributed by atoms with E-state index in [1.165, 1.54) is 0 Å². The van der Waals surface area contributed by atoms with Crippen LogP contribution in [0.2, 0.25) is 0 Å². The fourth-order valence-corrected chi connectivity index (χ4v) is 2.36. The molecule has 1 amide bonds. The molecule has 2 heterocycles. The molecule has 0 radical (unpaired) electrons. The van der Waals surface area contributed by atoms with E-state index < -0.39 is 0 Å². The summed E-state index contributed by atoms with van der Waals surface area (Å²) in [4.78, 5) is 20.8. The summed E-state index contributed by atoms with van der Waals surface area (Å²) in [7, 11) is 1.59. The summed E-state index contributed by atoms with van der Waals surface area (Å²) in [5.41, 5.74) is 3.27. The first kappa shape index (κ1) is 15.7. The van der Waals surface area contributed by atoms with Crippen molar-refractivity contribution in [1.82, 2.24) is 15.3 Å². The molecule has 2 aromatic heterocycles. The second-order valence-corrected chi connectivity index (χ2v) is 5.16. The number of carbonyl (C=O) groups excluding carboxylic acids is 1. The highest BCUT2D eigenvalue weighted by molar-refractivity contribution is 5.94. The number of carbonyl (C=O) groups is 1. The number of aromatic nitrogens is 2. The van der Waals surface area contributed by atoms with Crippen LogP contribution in [-0.4, -0.2) is 23.0 Å². The molecule has 3 aromatic rings. The number of methoxy groups -OCH3 is 1. The minimum atomic E-state index is -0.140. The lowest BCUT2D eigenvalue weighted by Gasteiger charge is -2.10. The molecule has 120 valence electrons. The Morgan fingerprint density at radius 1 is 1.08 bits per heavy atom. The number of nitrogens with zero attached hydrogens (tertiary/aromatic N) is 2. The average Bonchev–Trinajstić information content (AvgIpc) is 2.67. The van der Waals surface area contributed by atoms with Crippen molar-refractivity contribution >= 4 is 5.91 Å². The molecule has 1 aromatic carbocycles. The third-order valence-corrected chi connectivity index (χ3v) is 3.62. The summed E-state index contributed by atoms with van der Waals surface area (Å²) >= 11 is 0. The zero-order valence-corrected chi connectivity index (χ0v) is 13.3. The lowest BCUT2D eigenvalue weighted by Crippen LogP contribution is -2.23. The molecule has 5 heteroatoms. The van der Waals surface area contributed by atoms with E-state index in [4.69, 9.17) is 4.74 Å². The Morgan fingerprint density at radius 2 is 1.88 bits per heavy atom. The molecule has 0 aliphatic heterocycles. The topological polar surface area (TPSA) is 64.1 Å². The van der Waals surface area contributed by atoms with Crippen molar-refractivity contribution < 1.29 is 9.53 Å². The van der Waals surface area contributed by atoms with E-state index in [-0.39, 0.29) is 5.91 Å². The summed E-state index contributed by atoms with van der Waals surface area (Å²) in [5, 5.41) is 2.92. The molecule has 3 rings (SSSR count). The van der Waals surface area contributed by atoms with E-state index in [1.54, 1.807) is 50.0 Å². The van der Waals surface area contributed by atoms with Gasteiger partial charge < -0.3 is 10.1 Å². The minimum absolute atomic E-state index is 0.140. The third kappa shape index (κ3) is 3.57. The van der Waals surface area contributed by atoms with Crippen molar-refractivity contribution in [3.05, 3.63) is 78.2 Å². The van der Waals surface area contributed by atoms with E-state index >= 15 is 0 Å². The highest BCUT2D eigenvalue weighted by Gasteiger charge is 2.09. The van der Waals surface area contributed by atoms with E-state index in [1.807, 2.05) is 24.3 Å². The van der Waals surface area contributed by atoms with E-state index in [9.17, 15) is 4.79 Å². The van der Waals surface area contributed by atoms with Gasteiger partial charge in [-0.1, -0.05) is 6.07 Å². The van der Waals surface area contributed by atoms with Crippen molar-refractivity contribution in [2.24, 2.45) is 0 Å². The van der Waals surface area contributed by atoms with Gasteiger partial charge in [0.1, 0.15) is 5.75 Å². The fourth-order valence-electron chi connectivity index (χ4n) is 2.36. The lowest BCUT2D eigenvalue weighted by molar-refractivity contribution is 0.0951. The van der Waals surface area contributed by atoms with Crippen LogP contribution in [0.25, 0.3) is 11.3 Å². The molecule has 0 aliphatic rings. The number of nitrogens with one attached hydrogen (secondary N) is 1. The molecule has 0 unspecified atom stereocenters. The van der Waals surface area contributed by atoms with Gasteiger partial charge in [0, 0.05) is 36.3 Å². The van der Waals surface area contributed by atoms with Crippen LogP contribution in [0.4, 0.5) is 0 Å². The first-order valence-electron chi connectivity index (χ1n) is 7.54. The summed E-state index contributed by atoms with van der Waals surface area (Å²) in [6, 6.07) is 14.6. The second kappa shape index (κ2) is 7.37. The van der Waals surface area contributed by atoms with Crippen LogP contribution in [0.15, 0.2) is 67.1 Å². The molecular formula is C19H17N3O2. The summed E-state index contributed by atoms with van der Waals surface area (Å²) in [6.07, 6.45) is 5.21. The number of hydrogen-bond acceptors (Lipinski definition) is 4. The Labute approximate surface area is 140 Å². The van der Waals surface area contributed by atoms with Crippen LogP contribution in [0.3, 0.4) is 0 Å². The van der Waals surface area contributed by atoms with Gasteiger partial charge >= 0.3 is 0 Å². The first-order valence-corrected chi connectivity index (χ1v) is 7.54. The third-order valence-electron chi connectivity index (χ3n) is 3.62. The number of benzene rings is 1. The maximum Gasteiger partial charge on any atom is 0.251 e. The van der Waals surface area contributed by atoms with Gasteiger partial charge in [-0.3, -0.25) is 14.8 Å². The number of pyridine rings is 2. The van der Waals surface area contributed by atoms with Crippen LogP contribution in [0.1, 0.15) is 15.9 Å². The van der Waals surface area contributed by atoms with Gasteiger partial charge in [0.2, 0.25) is 0 Å². The SMILES string of the molecule is COc1ccc(C(=O)NCc2cccnc2-c2cccnc2)cc1. The van der Waals surface area contributed by atoms with Gasteiger partial charge in [-0.05, 0) is 48.0 Å². The van der Waals surface area contributed by atoms with Gasteiger partial charge in [0.05, 0.1) is 12.8 Å². The number of hydrogen-bond donors (Lipinski definition) is 1. The number of amides is 1. The normalized spacial score (nSPS) is 10.2. The zero-order valence-electron chi connectivity index (χ0n) is 13.3. The van der Waals surface area contributed by atoms with Crippen LogP contribution < -0.4 is 10.1 Å². The predicted octanol–water partition coefficient (Wildman–Crippen LogP) is 3.08. The van der Waals surface area contributed by atoms with Crippen LogP contribution >= 0.6 is 0 Å². The van der Waals surface area contributed by atoms with Crippen LogP contribution in [0, 0.1) is 0 Å². The summed E-state index contributed by atoms with van der Waals surface area (Å²) < 4.78 is 5.10. The Balaban J connectivity index is 1.74. The summed E-state index contributed by atoms with van der Waals surface area (Å²) in [5.74, 6) is 0.580. The molecular weight excluding hydrogens is 302 g/mol. The fraction of sp³-hybridized carbons (Fsp3) is 0.105. The molecule has 0 fully saturated rings. The number of ether oxygens (including phenoxy) is 1. The highest BCUT2D eigenvalue weighted by Crippen LogP contribution is 2.20. The molecule has 24 heavy (non-hydrogen) atoms. The molecule has 0 saturated heterocycles. The van der Waals surface area contributed by atoms with Crippen molar-refractivity contribution in [3.63, 3.8) is 0 Å². The molecule has 5 nitrogen and oxygen atoms in total. The van der Waals surface area contributed by atoms with Gasteiger partial charge in [0.25, 0.3) is 5.91 Å². The monoisotopic (exact) mass is 319 g/mol. The quantitative estimate of drug-likeness (QED) is 0.785. The molecule has 0 spiro atoms. The highest BCUT2D eigenvalue weighted by atomic mass is 16.5. The maximum absolute atomic E-state index is 12.3.